The number of benzene rings is 1. The van der Waals surface area contributed by atoms with E-state index in [1.165, 1.54) is 35.1 Å². The molecule has 1 fully saturated rings. The number of hydrogen-bond donors (Lipinski definition) is 2. The number of aliphatic hydroxyl groups is 1. The van der Waals surface area contributed by atoms with Crippen LogP contribution >= 0.6 is 0 Å². The van der Waals surface area contributed by atoms with E-state index in [-0.39, 0.29) is 6.10 Å². The van der Waals surface area contributed by atoms with Crippen LogP contribution in [0.15, 0.2) is 12.1 Å². The zero-order valence-corrected chi connectivity index (χ0v) is 12.5. The van der Waals surface area contributed by atoms with Gasteiger partial charge in [-0.25, -0.2) is 0 Å². The quantitative estimate of drug-likeness (QED) is 0.872. The summed E-state index contributed by atoms with van der Waals surface area (Å²) in [5.74, 6) is 0.649. The lowest BCUT2D eigenvalue weighted by atomic mass is 9.87. The minimum absolute atomic E-state index is 0.0658. The zero-order chi connectivity index (χ0) is 13.8. The summed E-state index contributed by atoms with van der Waals surface area (Å²) < 4.78 is 0. The molecule has 0 heterocycles. The number of nitrogens with one attached hydrogen (secondary N) is 1. The molecule has 2 rings (SSSR count). The lowest BCUT2D eigenvalue weighted by Crippen LogP contribution is -2.29. The first-order chi connectivity index (χ1) is 9.06. The molecular formula is C17H27NO. The summed E-state index contributed by atoms with van der Waals surface area (Å²) >= 11 is 0. The monoisotopic (exact) mass is 261 g/mol. The van der Waals surface area contributed by atoms with E-state index >= 15 is 0 Å². The van der Waals surface area contributed by atoms with Gasteiger partial charge >= 0.3 is 0 Å². The second-order valence-electron chi connectivity index (χ2n) is 6.18. The van der Waals surface area contributed by atoms with Crippen molar-refractivity contribution in [3.63, 3.8) is 0 Å². The Labute approximate surface area is 117 Å². The number of aliphatic hydroxyl groups excluding tert-OH is 1. The molecule has 0 amide bonds. The van der Waals surface area contributed by atoms with Gasteiger partial charge in [-0.15, -0.1) is 0 Å². The van der Waals surface area contributed by atoms with Gasteiger partial charge < -0.3 is 10.4 Å². The maximum atomic E-state index is 9.68. The molecule has 2 unspecified atom stereocenters. The van der Waals surface area contributed by atoms with Crippen molar-refractivity contribution in [2.45, 2.75) is 59.1 Å². The van der Waals surface area contributed by atoms with Crippen LogP contribution in [-0.4, -0.2) is 17.8 Å². The highest BCUT2D eigenvalue weighted by molar-refractivity contribution is 5.36. The number of hydrogen-bond acceptors (Lipinski definition) is 2. The van der Waals surface area contributed by atoms with Crippen LogP contribution in [0.4, 0.5) is 0 Å². The third kappa shape index (κ3) is 4.05. The molecule has 2 nitrogen and oxygen atoms in total. The average molecular weight is 261 g/mol. The first kappa shape index (κ1) is 14.5. The fourth-order valence-electron chi connectivity index (χ4n) is 3.07. The molecule has 0 aliphatic heterocycles. The maximum absolute atomic E-state index is 9.68. The SMILES string of the molecule is Cc1cc(C)c(CNCC2CCCC(O)C2)cc1C. The van der Waals surface area contributed by atoms with Crippen LogP contribution in [0.25, 0.3) is 0 Å². The molecule has 1 aliphatic rings. The minimum Gasteiger partial charge on any atom is -0.393 e. The molecule has 19 heavy (non-hydrogen) atoms. The lowest BCUT2D eigenvalue weighted by Gasteiger charge is -2.26. The van der Waals surface area contributed by atoms with Crippen LogP contribution in [-0.2, 0) is 6.54 Å². The Morgan fingerprint density at radius 2 is 1.84 bits per heavy atom. The molecule has 0 saturated heterocycles. The molecule has 2 heteroatoms. The maximum Gasteiger partial charge on any atom is 0.0543 e. The lowest BCUT2D eigenvalue weighted by molar-refractivity contribution is 0.101. The summed E-state index contributed by atoms with van der Waals surface area (Å²) in [6.07, 6.45) is 4.33. The van der Waals surface area contributed by atoms with E-state index in [0.717, 1.165) is 25.9 Å². The summed E-state index contributed by atoms with van der Waals surface area (Å²) in [7, 11) is 0. The Kier molecular flexibility index (Phi) is 5.00. The molecule has 1 aromatic carbocycles. The standard InChI is InChI=1S/C17H27NO/c1-12-7-14(3)16(8-13(12)2)11-18-10-15-5-4-6-17(19)9-15/h7-8,15,17-19H,4-6,9-11H2,1-3H3. The highest BCUT2D eigenvalue weighted by Gasteiger charge is 2.19. The second kappa shape index (κ2) is 6.53. The van der Waals surface area contributed by atoms with Crippen LogP contribution in [0.5, 0.6) is 0 Å². The zero-order valence-electron chi connectivity index (χ0n) is 12.5. The van der Waals surface area contributed by atoms with E-state index in [9.17, 15) is 5.11 Å². The molecule has 0 radical (unpaired) electrons. The van der Waals surface area contributed by atoms with E-state index in [1.807, 2.05) is 0 Å². The average Bonchev–Trinajstić information content (AvgIpc) is 2.35. The van der Waals surface area contributed by atoms with Gasteiger partial charge in [-0.1, -0.05) is 18.6 Å². The summed E-state index contributed by atoms with van der Waals surface area (Å²) in [4.78, 5) is 0. The fourth-order valence-corrected chi connectivity index (χ4v) is 3.07. The number of rotatable bonds is 4. The molecule has 2 atom stereocenters. The van der Waals surface area contributed by atoms with E-state index in [1.54, 1.807) is 0 Å². The summed E-state index contributed by atoms with van der Waals surface area (Å²) in [6.45, 7) is 8.51. The van der Waals surface area contributed by atoms with Gasteiger partial charge in [-0.05, 0) is 74.8 Å². The summed E-state index contributed by atoms with van der Waals surface area (Å²) in [6, 6.07) is 4.57. The van der Waals surface area contributed by atoms with Crippen LogP contribution < -0.4 is 5.32 Å². The molecular weight excluding hydrogens is 234 g/mol. The van der Waals surface area contributed by atoms with Gasteiger partial charge in [0, 0.05) is 6.54 Å². The van der Waals surface area contributed by atoms with Gasteiger partial charge in [0.15, 0.2) is 0 Å². The molecule has 1 saturated carbocycles. The van der Waals surface area contributed by atoms with Crippen LogP contribution in [0.1, 0.15) is 47.9 Å². The van der Waals surface area contributed by atoms with Gasteiger partial charge in [0.2, 0.25) is 0 Å². The Balaban J connectivity index is 1.84. The van der Waals surface area contributed by atoms with Crippen molar-refractivity contribution in [1.82, 2.24) is 5.32 Å². The summed E-state index contributed by atoms with van der Waals surface area (Å²) in [5, 5.41) is 13.2. The smallest absolute Gasteiger partial charge is 0.0543 e. The minimum atomic E-state index is -0.0658. The van der Waals surface area contributed by atoms with Crippen molar-refractivity contribution in [2.75, 3.05) is 6.54 Å². The van der Waals surface area contributed by atoms with Crippen molar-refractivity contribution < 1.29 is 5.11 Å². The third-order valence-corrected chi connectivity index (χ3v) is 4.46. The Hall–Kier alpha value is -0.860. The summed E-state index contributed by atoms with van der Waals surface area (Å²) in [5.41, 5.74) is 5.52. The van der Waals surface area contributed by atoms with Crippen molar-refractivity contribution in [1.29, 1.82) is 0 Å². The second-order valence-corrected chi connectivity index (χ2v) is 6.18. The fraction of sp³-hybridized carbons (Fsp3) is 0.647. The highest BCUT2D eigenvalue weighted by Crippen LogP contribution is 2.23. The first-order valence-electron chi connectivity index (χ1n) is 7.51. The van der Waals surface area contributed by atoms with Crippen molar-refractivity contribution in [2.24, 2.45) is 5.92 Å². The van der Waals surface area contributed by atoms with E-state index < -0.39 is 0 Å². The van der Waals surface area contributed by atoms with Crippen molar-refractivity contribution >= 4 is 0 Å². The first-order valence-corrected chi connectivity index (χ1v) is 7.51. The van der Waals surface area contributed by atoms with Gasteiger partial charge in [0.25, 0.3) is 0 Å². The van der Waals surface area contributed by atoms with Gasteiger partial charge in [0.05, 0.1) is 6.10 Å². The van der Waals surface area contributed by atoms with Gasteiger partial charge in [0.1, 0.15) is 0 Å². The van der Waals surface area contributed by atoms with Gasteiger partial charge in [-0.2, -0.15) is 0 Å². The van der Waals surface area contributed by atoms with Crippen molar-refractivity contribution in [3.05, 3.63) is 34.4 Å². The molecule has 1 aromatic rings. The van der Waals surface area contributed by atoms with Gasteiger partial charge in [-0.3, -0.25) is 0 Å². The predicted octanol–water partition coefficient (Wildman–Crippen LogP) is 3.25. The van der Waals surface area contributed by atoms with Crippen LogP contribution in [0, 0.1) is 26.7 Å². The normalized spacial score (nSPS) is 23.6. The Morgan fingerprint density at radius 1 is 1.11 bits per heavy atom. The number of aryl methyl sites for hydroxylation is 3. The molecule has 2 N–H and O–H groups in total. The molecule has 1 aliphatic carbocycles. The molecule has 0 spiro atoms. The third-order valence-electron chi connectivity index (χ3n) is 4.46. The molecule has 0 aromatic heterocycles. The Morgan fingerprint density at radius 3 is 2.58 bits per heavy atom. The van der Waals surface area contributed by atoms with E-state index in [4.69, 9.17) is 0 Å². The molecule has 106 valence electrons. The van der Waals surface area contributed by atoms with E-state index in [0.29, 0.717) is 5.92 Å². The van der Waals surface area contributed by atoms with Crippen molar-refractivity contribution in [3.8, 4) is 0 Å². The topological polar surface area (TPSA) is 32.3 Å². The predicted molar refractivity (Wildman–Crippen MR) is 80.3 cm³/mol. The van der Waals surface area contributed by atoms with E-state index in [2.05, 4.69) is 38.2 Å². The van der Waals surface area contributed by atoms with Crippen LogP contribution in [0.3, 0.4) is 0 Å². The molecule has 0 bridgehead atoms. The Bertz CT molecular complexity index is 428. The van der Waals surface area contributed by atoms with Crippen LogP contribution in [0.2, 0.25) is 0 Å². The highest BCUT2D eigenvalue weighted by atomic mass is 16.3. The largest absolute Gasteiger partial charge is 0.393 e.